The first-order chi connectivity index (χ1) is 11.6. The first-order valence-corrected chi connectivity index (χ1v) is 8.39. The van der Waals surface area contributed by atoms with Crippen molar-refractivity contribution in [1.29, 1.82) is 5.26 Å². The maximum absolute atomic E-state index is 12.0. The van der Waals surface area contributed by atoms with Gasteiger partial charge in [-0.15, -0.1) is 0 Å². The predicted molar refractivity (Wildman–Crippen MR) is 94.6 cm³/mol. The highest BCUT2D eigenvalue weighted by Crippen LogP contribution is 2.27. The van der Waals surface area contributed by atoms with E-state index in [1.807, 2.05) is 6.07 Å². The fraction of sp³-hybridized carbons (Fsp3) is 0.474. The van der Waals surface area contributed by atoms with Crippen molar-refractivity contribution in [3.05, 3.63) is 29.3 Å². The van der Waals surface area contributed by atoms with Gasteiger partial charge in [0.1, 0.15) is 11.6 Å². The van der Waals surface area contributed by atoms with Gasteiger partial charge in [0.2, 0.25) is 0 Å². The zero-order chi connectivity index (χ0) is 17.8. The summed E-state index contributed by atoms with van der Waals surface area (Å²) in [5.74, 6) is -0.0735. The van der Waals surface area contributed by atoms with Crippen molar-refractivity contribution in [2.24, 2.45) is 0 Å². The summed E-state index contributed by atoms with van der Waals surface area (Å²) in [6, 6.07) is 6.62. The molecular formula is C19H26N2O3. The Morgan fingerprint density at radius 2 is 2.00 bits per heavy atom. The van der Waals surface area contributed by atoms with Gasteiger partial charge in [-0.05, 0) is 30.2 Å². The largest absolute Gasteiger partial charge is 0.504 e. The van der Waals surface area contributed by atoms with Crippen molar-refractivity contribution in [3.63, 3.8) is 0 Å². The van der Waals surface area contributed by atoms with Crippen LogP contribution in [0, 0.1) is 11.3 Å². The molecule has 1 amide bonds. The molecule has 130 valence electrons. The molecular weight excluding hydrogens is 304 g/mol. The lowest BCUT2D eigenvalue weighted by Crippen LogP contribution is -2.25. The number of rotatable bonds is 10. The van der Waals surface area contributed by atoms with Crippen molar-refractivity contribution in [2.45, 2.75) is 45.4 Å². The minimum absolute atomic E-state index is 0.0190. The van der Waals surface area contributed by atoms with E-state index in [1.54, 1.807) is 12.1 Å². The highest BCUT2D eigenvalue weighted by Gasteiger charge is 2.09. The van der Waals surface area contributed by atoms with Crippen LogP contribution in [0.3, 0.4) is 0 Å². The Labute approximate surface area is 143 Å². The van der Waals surface area contributed by atoms with Gasteiger partial charge in [-0.1, -0.05) is 45.1 Å². The molecule has 0 unspecified atom stereocenters. The van der Waals surface area contributed by atoms with Crippen LogP contribution in [0.4, 0.5) is 0 Å². The number of nitriles is 1. The number of ether oxygens (including phenoxy) is 1. The first kappa shape index (κ1) is 19.6. The summed E-state index contributed by atoms with van der Waals surface area (Å²) < 4.78 is 4.96. The van der Waals surface area contributed by atoms with Crippen LogP contribution in [0.2, 0.25) is 0 Å². The second kappa shape index (κ2) is 11.1. The molecule has 1 aromatic rings. The third kappa shape index (κ3) is 6.74. The SMILES string of the molecule is CCCCCCCCNC(=O)/C(C#N)=C/c1ccc(OC)c(O)c1. The molecule has 1 rings (SSSR count). The minimum Gasteiger partial charge on any atom is -0.504 e. The number of nitrogens with zero attached hydrogens (tertiary/aromatic N) is 1. The number of amides is 1. The molecule has 0 aliphatic carbocycles. The van der Waals surface area contributed by atoms with Crippen molar-refractivity contribution in [3.8, 4) is 17.6 Å². The number of hydrogen-bond acceptors (Lipinski definition) is 4. The van der Waals surface area contributed by atoms with Gasteiger partial charge in [-0.2, -0.15) is 5.26 Å². The lowest BCUT2D eigenvalue weighted by molar-refractivity contribution is -0.117. The number of carbonyl (C=O) groups is 1. The average Bonchev–Trinajstić information content (AvgIpc) is 2.58. The number of hydrogen-bond donors (Lipinski definition) is 2. The fourth-order valence-corrected chi connectivity index (χ4v) is 2.31. The molecule has 0 atom stereocenters. The molecule has 1 aromatic carbocycles. The Bertz CT molecular complexity index is 603. The molecule has 0 aromatic heterocycles. The zero-order valence-corrected chi connectivity index (χ0v) is 14.5. The number of nitrogens with one attached hydrogen (secondary N) is 1. The van der Waals surface area contributed by atoms with Crippen LogP contribution in [0.1, 0.15) is 51.0 Å². The summed E-state index contributed by atoms with van der Waals surface area (Å²) in [5, 5.41) is 21.7. The number of methoxy groups -OCH3 is 1. The van der Waals surface area contributed by atoms with Gasteiger partial charge in [0.25, 0.3) is 5.91 Å². The third-order valence-electron chi connectivity index (χ3n) is 3.69. The van der Waals surface area contributed by atoms with Gasteiger partial charge in [-0.3, -0.25) is 4.79 Å². The Balaban J connectivity index is 2.51. The minimum atomic E-state index is -0.388. The summed E-state index contributed by atoms with van der Waals surface area (Å²) in [5.41, 5.74) is 0.588. The van der Waals surface area contributed by atoms with E-state index in [-0.39, 0.29) is 17.2 Å². The summed E-state index contributed by atoms with van der Waals surface area (Å²) in [4.78, 5) is 12.0. The Hall–Kier alpha value is -2.48. The number of phenolic OH excluding ortho intramolecular Hbond substituents is 1. The Kier molecular flexibility index (Phi) is 9.06. The molecule has 0 bridgehead atoms. The molecule has 5 nitrogen and oxygen atoms in total. The number of benzene rings is 1. The molecule has 0 fully saturated rings. The van der Waals surface area contributed by atoms with Gasteiger partial charge < -0.3 is 15.2 Å². The van der Waals surface area contributed by atoms with Crippen LogP contribution >= 0.6 is 0 Å². The Morgan fingerprint density at radius 1 is 1.29 bits per heavy atom. The molecule has 0 radical (unpaired) electrons. The molecule has 0 heterocycles. The van der Waals surface area contributed by atoms with Gasteiger partial charge in [0, 0.05) is 6.54 Å². The van der Waals surface area contributed by atoms with Crippen molar-refractivity contribution < 1.29 is 14.6 Å². The van der Waals surface area contributed by atoms with Crippen LogP contribution in [0.25, 0.3) is 6.08 Å². The molecule has 0 aliphatic heterocycles. The fourth-order valence-electron chi connectivity index (χ4n) is 2.31. The van der Waals surface area contributed by atoms with Crippen LogP contribution < -0.4 is 10.1 Å². The molecule has 24 heavy (non-hydrogen) atoms. The van der Waals surface area contributed by atoms with Gasteiger partial charge >= 0.3 is 0 Å². The molecule has 0 aliphatic rings. The van der Waals surface area contributed by atoms with E-state index in [1.165, 1.54) is 44.9 Å². The second-order valence-corrected chi connectivity index (χ2v) is 5.62. The Morgan fingerprint density at radius 3 is 2.62 bits per heavy atom. The number of unbranched alkanes of at least 4 members (excludes halogenated alkanes) is 5. The zero-order valence-electron chi connectivity index (χ0n) is 14.5. The lowest BCUT2D eigenvalue weighted by atomic mass is 10.1. The quantitative estimate of drug-likeness (QED) is 0.388. The normalized spacial score (nSPS) is 11.0. The summed E-state index contributed by atoms with van der Waals surface area (Å²) in [6.45, 7) is 2.75. The van der Waals surface area contributed by atoms with Crippen LogP contribution in [0.5, 0.6) is 11.5 Å². The molecule has 0 spiro atoms. The van der Waals surface area contributed by atoms with Crippen molar-refractivity contribution >= 4 is 12.0 Å². The van der Waals surface area contributed by atoms with E-state index in [4.69, 9.17) is 10.00 Å². The van der Waals surface area contributed by atoms with Gasteiger partial charge in [0.15, 0.2) is 11.5 Å². The standard InChI is InChI=1S/C19H26N2O3/c1-3-4-5-6-7-8-11-21-19(23)16(14-20)12-15-9-10-18(24-2)17(22)13-15/h9-10,12-13,22H,3-8,11H2,1-2H3,(H,21,23)/b16-12+. The first-order valence-electron chi connectivity index (χ1n) is 8.39. The second-order valence-electron chi connectivity index (χ2n) is 5.62. The average molecular weight is 330 g/mol. The van der Waals surface area contributed by atoms with E-state index >= 15 is 0 Å². The highest BCUT2D eigenvalue weighted by atomic mass is 16.5. The number of carbonyl (C=O) groups excluding carboxylic acids is 1. The van der Waals surface area contributed by atoms with E-state index in [0.29, 0.717) is 17.9 Å². The van der Waals surface area contributed by atoms with Crippen molar-refractivity contribution in [2.75, 3.05) is 13.7 Å². The maximum Gasteiger partial charge on any atom is 0.261 e. The smallest absolute Gasteiger partial charge is 0.261 e. The van der Waals surface area contributed by atoms with Gasteiger partial charge in [-0.25, -0.2) is 0 Å². The van der Waals surface area contributed by atoms with Crippen LogP contribution in [-0.4, -0.2) is 24.7 Å². The summed E-state index contributed by atoms with van der Waals surface area (Å²) in [6.07, 6.45) is 8.33. The third-order valence-corrected chi connectivity index (χ3v) is 3.69. The summed E-state index contributed by atoms with van der Waals surface area (Å²) in [7, 11) is 1.46. The molecule has 2 N–H and O–H groups in total. The number of phenols is 1. The monoisotopic (exact) mass is 330 g/mol. The van der Waals surface area contributed by atoms with Crippen molar-refractivity contribution in [1.82, 2.24) is 5.32 Å². The van der Waals surface area contributed by atoms with Crippen LogP contribution in [0.15, 0.2) is 23.8 Å². The lowest BCUT2D eigenvalue weighted by Gasteiger charge is -2.06. The highest BCUT2D eigenvalue weighted by molar-refractivity contribution is 6.01. The maximum atomic E-state index is 12.0. The van der Waals surface area contributed by atoms with Gasteiger partial charge in [0.05, 0.1) is 7.11 Å². The summed E-state index contributed by atoms with van der Waals surface area (Å²) >= 11 is 0. The van der Waals surface area contributed by atoms with E-state index in [0.717, 1.165) is 12.8 Å². The number of aromatic hydroxyl groups is 1. The van der Waals surface area contributed by atoms with E-state index < -0.39 is 0 Å². The van der Waals surface area contributed by atoms with Crippen LogP contribution in [-0.2, 0) is 4.79 Å². The predicted octanol–water partition coefficient (Wildman–Crippen LogP) is 3.78. The molecule has 0 saturated carbocycles. The molecule has 5 heteroatoms. The molecule has 0 saturated heterocycles. The topological polar surface area (TPSA) is 82.4 Å². The van der Waals surface area contributed by atoms with E-state index in [2.05, 4.69) is 12.2 Å². The van der Waals surface area contributed by atoms with E-state index in [9.17, 15) is 9.90 Å².